The number of nitrogen functional groups attached to an aromatic ring is 1. The van der Waals surface area contributed by atoms with Gasteiger partial charge in [-0.2, -0.15) is 0 Å². The maximum absolute atomic E-state index is 12.5. The number of aryl methyl sites for hydroxylation is 1. The number of nitrogens with one attached hydrogen (secondary N) is 1. The number of hydrazine groups is 1. The van der Waals surface area contributed by atoms with Gasteiger partial charge < -0.3 is 14.9 Å². The van der Waals surface area contributed by atoms with Crippen LogP contribution in [-0.2, 0) is 13.1 Å². The van der Waals surface area contributed by atoms with Crippen LogP contribution < -0.4 is 11.3 Å². The molecule has 8 nitrogen and oxygen atoms in total. The summed E-state index contributed by atoms with van der Waals surface area (Å²) >= 11 is 0. The highest BCUT2D eigenvalue weighted by Crippen LogP contribution is 2.16. The Morgan fingerprint density at radius 3 is 3.05 bits per heavy atom. The molecule has 1 aliphatic heterocycles. The fourth-order valence-electron chi connectivity index (χ4n) is 2.29. The average Bonchev–Trinajstić information content (AvgIpc) is 2.93. The summed E-state index contributed by atoms with van der Waals surface area (Å²) < 4.78 is 1.95. The van der Waals surface area contributed by atoms with Crippen LogP contribution >= 0.6 is 0 Å². The second-order valence-corrected chi connectivity index (χ2v) is 4.69. The van der Waals surface area contributed by atoms with Crippen molar-refractivity contribution in [1.82, 2.24) is 24.6 Å². The summed E-state index contributed by atoms with van der Waals surface area (Å²) in [6.07, 6.45) is 1.68. The first kappa shape index (κ1) is 12.5. The van der Waals surface area contributed by atoms with Gasteiger partial charge in [-0.05, 0) is 19.1 Å². The van der Waals surface area contributed by atoms with Gasteiger partial charge in [-0.1, -0.05) is 0 Å². The van der Waals surface area contributed by atoms with E-state index in [4.69, 9.17) is 5.84 Å². The van der Waals surface area contributed by atoms with Gasteiger partial charge in [0.05, 0.1) is 6.54 Å². The number of nitrogens with two attached hydrogens (primary N) is 1. The third-order valence-electron chi connectivity index (χ3n) is 3.27. The molecule has 0 atom stereocenters. The molecule has 3 heterocycles. The van der Waals surface area contributed by atoms with Crippen molar-refractivity contribution in [3.05, 3.63) is 35.5 Å². The van der Waals surface area contributed by atoms with Crippen LogP contribution in [-0.4, -0.2) is 37.1 Å². The van der Waals surface area contributed by atoms with E-state index >= 15 is 0 Å². The van der Waals surface area contributed by atoms with Gasteiger partial charge in [-0.3, -0.25) is 4.79 Å². The third kappa shape index (κ3) is 2.21. The van der Waals surface area contributed by atoms with Crippen molar-refractivity contribution in [3.8, 4) is 0 Å². The van der Waals surface area contributed by atoms with Crippen molar-refractivity contribution in [2.75, 3.05) is 12.0 Å². The molecule has 0 spiro atoms. The predicted octanol–water partition coefficient (Wildman–Crippen LogP) is -0.0769. The molecule has 2 aromatic rings. The lowest BCUT2D eigenvalue weighted by Gasteiger charge is -2.27. The molecule has 0 saturated heterocycles. The Bertz CT molecular complexity index is 651. The lowest BCUT2D eigenvalue weighted by Crippen LogP contribution is -2.38. The third-order valence-corrected chi connectivity index (χ3v) is 3.27. The molecule has 0 aromatic carbocycles. The number of amides is 1. The van der Waals surface area contributed by atoms with Crippen molar-refractivity contribution < 1.29 is 4.79 Å². The molecule has 3 rings (SSSR count). The van der Waals surface area contributed by atoms with Gasteiger partial charge in [0.2, 0.25) is 0 Å². The largest absolute Gasteiger partial charge is 0.329 e. The molecular formula is C12H15N7O. The normalized spacial score (nSPS) is 14.0. The number of hydrogen-bond acceptors (Lipinski definition) is 6. The van der Waals surface area contributed by atoms with Crippen molar-refractivity contribution in [3.63, 3.8) is 0 Å². The van der Waals surface area contributed by atoms with E-state index in [2.05, 4.69) is 20.6 Å². The fourth-order valence-corrected chi connectivity index (χ4v) is 2.29. The Morgan fingerprint density at radius 1 is 1.40 bits per heavy atom. The van der Waals surface area contributed by atoms with Gasteiger partial charge in [0.25, 0.3) is 5.91 Å². The first-order valence-corrected chi connectivity index (χ1v) is 6.28. The average molecular weight is 273 g/mol. The van der Waals surface area contributed by atoms with E-state index in [0.717, 1.165) is 11.5 Å². The number of hydrogen-bond donors (Lipinski definition) is 2. The van der Waals surface area contributed by atoms with Crippen molar-refractivity contribution >= 4 is 11.7 Å². The standard InChI is InChI=1S/C12H15N7O/c1-8-4-9(5-10(15-8)16-13)12(20)18-2-3-19-7-14-17-11(19)6-18/h4-5,7H,2-3,6,13H2,1H3,(H,15,16). The highest BCUT2D eigenvalue weighted by atomic mass is 16.2. The number of nitrogens with zero attached hydrogens (tertiary/aromatic N) is 5. The van der Waals surface area contributed by atoms with E-state index in [-0.39, 0.29) is 5.91 Å². The minimum absolute atomic E-state index is 0.0544. The monoisotopic (exact) mass is 273 g/mol. The minimum Gasteiger partial charge on any atom is -0.329 e. The van der Waals surface area contributed by atoms with Crippen LogP contribution in [0.25, 0.3) is 0 Å². The zero-order valence-corrected chi connectivity index (χ0v) is 11.1. The Labute approximate surface area is 115 Å². The van der Waals surface area contributed by atoms with Gasteiger partial charge in [0.15, 0.2) is 5.82 Å². The number of pyridine rings is 1. The Hall–Kier alpha value is -2.48. The summed E-state index contributed by atoms with van der Waals surface area (Å²) in [7, 11) is 0. The summed E-state index contributed by atoms with van der Waals surface area (Å²) in [5, 5.41) is 7.86. The molecule has 0 fully saturated rings. The van der Waals surface area contributed by atoms with Crippen LogP contribution in [0, 0.1) is 6.92 Å². The quantitative estimate of drug-likeness (QED) is 0.586. The maximum Gasteiger partial charge on any atom is 0.254 e. The van der Waals surface area contributed by atoms with E-state index in [1.807, 2.05) is 11.5 Å². The molecule has 0 unspecified atom stereocenters. The molecule has 0 radical (unpaired) electrons. The number of carbonyl (C=O) groups excluding carboxylic acids is 1. The van der Waals surface area contributed by atoms with Crippen LogP contribution in [0.2, 0.25) is 0 Å². The predicted molar refractivity (Wildman–Crippen MR) is 71.5 cm³/mol. The summed E-state index contributed by atoms with van der Waals surface area (Å²) in [5.41, 5.74) is 3.78. The second-order valence-electron chi connectivity index (χ2n) is 4.69. The number of fused-ring (bicyclic) bond motifs is 1. The van der Waals surface area contributed by atoms with Gasteiger partial charge in [-0.15, -0.1) is 10.2 Å². The molecule has 104 valence electrons. The lowest BCUT2D eigenvalue weighted by atomic mass is 10.2. The molecule has 0 aliphatic carbocycles. The highest BCUT2D eigenvalue weighted by molar-refractivity contribution is 5.95. The Kier molecular flexibility index (Phi) is 3.07. The molecule has 20 heavy (non-hydrogen) atoms. The van der Waals surface area contributed by atoms with E-state index in [9.17, 15) is 4.79 Å². The molecule has 0 saturated carbocycles. The Morgan fingerprint density at radius 2 is 2.25 bits per heavy atom. The zero-order valence-electron chi connectivity index (χ0n) is 11.1. The smallest absolute Gasteiger partial charge is 0.254 e. The van der Waals surface area contributed by atoms with E-state index in [1.54, 1.807) is 23.4 Å². The van der Waals surface area contributed by atoms with Crippen LogP contribution in [0.1, 0.15) is 21.9 Å². The first-order valence-electron chi connectivity index (χ1n) is 6.28. The summed E-state index contributed by atoms with van der Waals surface area (Å²) in [4.78, 5) is 18.4. The summed E-state index contributed by atoms with van der Waals surface area (Å²) in [5.74, 6) is 6.58. The zero-order chi connectivity index (χ0) is 14.1. The molecule has 0 bridgehead atoms. The molecule has 1 aliphatic rings. The van der Waals surface area contributed by atoms with Gasteiger partial charge in [0.1, 0.15) is 12.1 Å². The molecule has 1 amide bonds. The van der Waals surface area contributed by atoms with Gasteiger partial charge in [-0.25, -0.2) is 10.8 Å². The van der Waals surface area contributed by atoms with Crippen LogP contribution in [0.5, 0.6) is 0 Å². The van der Waals surface area contributed by atoms with Crippen molar-refractivity contribution in [2.24, 2.45) is 5.84 Å². The van der Waals surface area contributed by atoms with Crippen molar-refractivity contribution in [2.45, 2.75) is 20.0 Å². The number of rotatable bonds is 2. The Balaban J connectivity index is 1.85. The van der Waals surface area contributed by atoms with Crippen LogP contribution in [0.15, 0.2) is 18.5 Å². The topological polar surface area (TPSA) is 102 Å². The van der Waals surface area contributed by atoms with E-state index in [1.165, 1.54) is 0 Å². The lowest BCUT2D eigenvalue weighted by molar-refractivity contribution is 0.0707. The van der Waals surface area contributed by atoms with Crippen molar-refractivity contribution in [1.29, 1.82) is 0 Å². The molecule has 3 N–H and O–H groups in total. The molecule has 2 aromatic heterocycles. The number of anilines is 1. The summed E-state index contributed by atoms with van der Waals surface area (Å²) in [6, 6.07) is 3.40. The van der Waals surface area contributed by atoms with Gasteiger partial charge in [0, 0.05) is 24.3 Å². The van der Waals surface area contributed by atoms with Gasteiger partial charge >= 0.3 is 0 Å². The SMILES string of the molecule is Cc1cc(C(=O)N2CCn3cnnc3C2)cc(NN)n1. The maximum atomic E-state index is 12.5. The van der Waals surface area contributed by atoms with Crippen LogP contribution in [0.4, 0.5) is 5.82 Å². The summed E-state index contributed by atoms with van der Waals surface area (Å²) in [6.45, 7) is 3.63. The van der Waals surface area contributed by atoms with E-state index in [0.29, 0.717) is 31.0 Å². The van der Waals surface area contributed by atoms with E-state index < -0.39 is 0 Å². The number of carbonyl (C=O) groups is 1. The first-order chi connectivity index (χ1) is 9.67. The minimum atomic E-state index is -0.0544. The molecule has 8 heteroatoms. The highest BCUT2D eigenvalue weighted by Gasteiger charge is 2.23. The second kappa shape index (κ2) is 4.89. The van der Waals surface area contributed by atoms with Crippen LogP contribution in [0.3, 0.4) is 0 Å². The fraction of sp³-hybridized carbons (Fsp3) is 0.333. The number of aromatic nitrogens is 4. The molecular weight excluding hydrogens is 258 g/mol.